The van der Waals surface area contributed by atoms with Crippen LogP contribution in [0.25, 0.3) is 0 Å². The molecule has 0 saturated carbocycles. The van der Waals surface area contributed by atoms with Gasteiger partial charge in [0.2, 0.25) is 0 Å². The Morgan fingerprint density at radius 3 is 2.83 bits per heavy atom. The van der Waals surface area contributed by atoms with Gasteiger partial charge in [0.25, 0.3) is 0 Å². The molecule has 0 radical (unpaired) electrons. The van der Waals surface area contributed by atoms with E-state index in [1.54, 1.807) is 7.11 Å². The third-order valence-electron chi connectivity index (χ3n) is 3.80. The molecule has 0 bridgehead atoms. The predicted molar refractivity (Wildman–Crippen MR) is 87.1 cm³/mol. The molecule has 23 heavy (non-hydrogen) atoms. The molecule has 0 spiro atoms. The van der Waals surface area contributed by atoms with Crippen LogP contribution in [0.3, 0.4) is 0 Å². The second-order valence-electron chi connectivity index (χ2n) is 5.33. The normalized spacial score (nSPS) is 14.3. The minimum Gasteiger partial charge on any atom is -0.496 e. The van der Waals surface area contributed by atoms with Crippen molar-refractivity contribution in [1.82, 2.24) is 5.32 Å². The number of hydrogen-bond donors (Lipinski definition) is 2. The van der Waals surface area contributed by atoms with Crippen molar-refractivity contribution in [2.24, 2.45) is 0 Å². The van der Waals surface area contributed by atoms with Crippen molar-refractivity contribution in [2.45, 2.75) is 12.6 Å². The van der Waals surface area contributed by atoms with E-state index in [0.29, 0.717) is 32.1 Å². The third-order valence-corrected chi connectivity index (χ3v) is 3.80. The van der Waals surface area contributed by atoms with E-state index in [4.69, 9.17) is 14.2 Å². The number of hydrogen-bond acceptors (Lipinski definition) is 5. The molecule has 1 atom stereocenters. The van der Waals surface area contributed by atoms with Crippen molar-refractivity contribution in [3.8, 4) is 17.2 Å². The van der Waals surface area contributed by atoms with Gasteiger partial charge >= 0.3 is 0 Å². The molecule has 0 aromatic heterocycles. The van der Waals surface area contributed by atoms with Gasteiger partial charge in [-0.3, -0.25) is 0 Å². The molecule has 0 fully saturated rings. The third kappa shape index (κ3) is 3.57. The van der Waals surface area contributed by atoms with Gasteiger partial charge in [-0.1, -0.05) is 30.3 Å². The van der Waals surface area contributed by atoms with Gasteiger partial charge in [0.15, 0.2) is 11.5 Å². The Kier molecular flexibility index (Phi) is 5.00. The van der Waals surface area contributed by atoms with E-state index in [1.165, 1.54) is 0 Å². The summed E-state index contributed by atoms with van der Waals surface area (Å²) in [7, 11) is 1.60. The summed E-state index contributed by atoms with van der Waals surface area (Å²) < 4.78 is 16.5. The minimum atomic E-state index is -0.636. The number of aliphatic hydroxyl groups excluding tert-OH is 1. The van der Waals surface area contributed by atoms with Crippen LogP contribution in [0.4, 0.5) is 0 Å². The smallest absolute Gasteiger partial charge is 0.165 e. The number of benzene rings is 2. The van der Waals surface area contributed by atoms with Crippen LogP contribution in [0.5, 0.6) is 17.2 Å². The van der Waals surface area contributed by atoms with Crippen molar-refractivity contribution >= 4 is 0 Å². The van der Waals surface area contributed by atoms with Crippen LogP contribution >= 0.6 is 0 Å². The van der Waals surface area contributed by atoms with Crippen molar-refractivity contribution in [1.29, 1.82) is 0 Å². The Bertz CT molecular complexity index is 659. The summed E-state index contributed by atoms with van der Waals surface area (Å²) >= 11 is 0. The molecule has 0 aliphatic carbocycles. The molecular formula is C18H21NO4. The molecule has 2 aromatic carbocycles. The number of ether oxygens (including phenoxy) is 3. The van der Waals surface area contributed by atoms with Crippen LogP contribution in [-0.2, 0) is 6.54 Å². The van der Waals surface area contributed by atoms with Crippen LogP contribution in [-0.4, -0.2) is 32.0 Å². The van der Waals surface area contributed by atoms with Crippen molar-refractivity contribution in [3.63, 3.8) is 0 Å². The molecule has 5 nitrogen and oxygen atoms in total. The maximum atomic E-state index is 10.4. The Balaban J connectivity index is 1.61. The van der Waals surface area contributed by atoms with E-state index < -0.39 is 6.10 Å². The zero-order valence-corrected chi connectivity index (χ0v) is 13.1. The maximum Gasteiger partial charge on any atom is 0.165 e. The van der Waals surface area contributed by atoms with Gasteiger partial charge < -0.3 is 24.6 Å². The molecular weight excluding hydrogens is 294 g/mol. The fourth-order valence-electron chi connectivity index (χ4n) is 2.67. The predicted octanol–water partition coefficient (Wildman–Crippen LogP) is 2.29. The Morgan fingerprint density at radius 1 is 1.13 bits per heavy atom. The van der Waals surface area contributed by atoms with Crippen molar-refractivity contribution in [3.05, 3.63) is 53.6 Å². The highest BCUT2D eigenvalue weighted by Gasteiger charge is 2.16. The topological polar surface area (TPSA) is 60.0 Å². The summed E-state index contributed by atoms with van der Waals surface area (Å²) in [5.41, 5.74) is 1.80. The van der Waals surface area contributed by atoms with E-state index in [1.807, 2.05) is 42.5 Å². The number of nitrogens with one attached hydrogen (secondary N) is 1. The molecule has 5 heteroatoms. The Hall–Kier alpha value is -2.24. The molecule has 122 valence electrons. The number of rotatable bonds is 6. The minimum absolute atomic E-state index is 0.422. The van der Waals surface area contributed by atoms with Gasteiger partial charge in [-0.25, -0.2) is 0 Å². The molecule has 3 rings (SSSR count). The number of methoxy groups -OCH3 is 1. The second kappa shape index (κ2) is 7.35. The lowest BCUT2D eigenvalue weighted by Crippen LogP contribution is -2.23. The average Bonchev–Trinajstić information content (AvgIpc) is 2.61. The summed E-state index contributed by atoms with van der Waals surface area (Å²) in [4.78, 5) is 0. The van der Waals surface area contributed by atoms with Crippen LogP contribution in [0.2, 0.25) is 0 Å². The monoisotopic (exact) mass is 315 g/mol. The Morgan fingerprint density at radius 2 is 1.96 bits per heavy atom. The van der Waals surface area contributed by atoms with Crippen molar-refractivity contribution in [2.75, 3.05) is 26.9 Å². The lowest BCUT2D eigenvalue weighted by molar-refractivity contribution is 0.165. The van der Waals surface area contributed by atoms with Crippen LogP contribution in [0.1, 0.15) is 17.2 Å². The first-order valence-corrected chi connectivity index (χ1v) is 7.69. The molecule has 1 aliphatic heterocycles. The second-order valence-corrected chi connectivity index (χ2v) is 5.33. The van der Waals surface area contributed by atoms with E-state index in [0.717, 1.165) is 22.6 Å². The molecule has 1 heterocycles. The summed E-state index contributed by atoms with van der Waals surface area (Å²) in [6, 6.07) is 13.3. The molecule has 2 aromatic rings. The lowest BCUT2D eigenvalue weighted by Gasteiger charge is -2.21. The van der Waals surface area contributed by atoms with E-state index in [2.05, 4.69) is 5.32 Å². The van der Waals surface area contributed by atoms with Gasteiger partial charge in [0, 0.05) is 24.2 Å². The van der Waals surface area contributed by atoms with Gasteiger partial charge in [0.1, 0.15) is 19.0 Å². The van der Waals surface area contributed by atoms with Gasteiger partial charge in [-0.15, -0.1) is 0 Å². The molecule has 0 unspecified atom stereocenters. The first-order valence-electron chi connectivity index (χ1n) is 7.69. The number of para-hydroxylation sites is 2. The maximum absolute atomic E-state index is 10.4. The quantitative estimate of drug-likeness (QED) is 0.856. The summed E-state index contributed by atoms with van der Waals surface area (Å²) in [5, 5.41) is 13.6. The zero-order valence-electron chi connectivity index (χ0n) is 13.1. The highest BCUT2D eigenvalue weighted by Crippen LogP contribution is 2.33. The Labute approximate surface area is 135 Å². The molecule has 1 aliphatic rings. The van der Waals surface area contributed by atoms with Crippen LogP contribution < -0.4 is 19.5 Å². The molecule has 0 saturated heterocycles. The van der Waals surface area contributed by atoms with Crippen LogP contribution in [0, 0.1) is 0 Å². The first-order chi connectivity index (χ1) is 11.3. The summed E-state index contributed by atoms with van der Waals surface area (Å²) in [6.45, 7) is 2.16. The van der Waals surface area contributed by atoms with Gasteiger partial charge in [-0.2, -0.15) is 0 Å². The van der Waals surface area contributed by atoms with E-state index in [9.17, 15) is 5.11 Å². The fourth-order valence-corrected chi connectivity index (χ4v) is 2.67. The van der Waals surface area contributed by atoms with E-state index >= 15 is 0 Å². The fraction of sp³-hybridized carbons (Fsp3) is 0.333. The van der Waals surface area contributed by atoms with Crippen LogP contribution in [0.15, 0.2) is 42.5 Å². The van der Waals surface area contributed by atoms with Gasteiger partial charge in [-0.05, 0) is 12.1 Å². The lowest BCUT2D eigenvalue weighted by atomic mass is 10.1. The average molecular weight is 315 g/mol. The largest absolute Gasteiger partial charge is 0.496 e. The van der Waals surface area contributed by atoms with E-state index in [-0.39, 0.29) is 0 Å². The van der Waals surface area contributed by atoms with Crippen molar-refractivity contribution < 1.29 is 19.3 Å². The summed E-state index contributed by atoms with van der Waals surface area (Å²) in [5.74, 6) is 2.26. The number of aliphatic hydroxyl groups is 1. The first kappa shape index (κ1) is 15.6. The molecule has 2 N–H and O–H groups in total. The molecule has 0 amide bonds. The summed E-state index contributed by atoms with van der Waals surface area (Å²) in [6.07, 6.45) is -0.636. The SMILES string of the molecule is COc1ccccc1[C@@H](O)CNCc1cccc2c1OCCO2. The van der Waals surface area contributed by atoms with Gasteiger partial charge in [0.05, 0.1) is 13.2 Å². The standard InChI is InChI=1S/C18H21NO4/c1-21-16-7-3-2-6-14(16)15(20)12-19-11-13-5-4-8-17-18(13)23-10-9-22-17/h2-8,15,19-20H,9-12H2,1H3/t15-/m0/s1. The highest BCUT2D eigenvalue weighted by molar-refractivity contribution is 5.47. The highest BCUT2D eigenvalue weighted by atomic mass is 16.6. The zero-order chi connectivity index (χ0) is 16.1. The number of fused-ring (bicyclic) bond motifs is 1.